The van der Waals surface area contributed by atoms with E-state index in [1.54, 1.807) is 6.08 Å². The molecule has 1 aliphatic rings. The molecule has 0 bridgehead atoms. The summed E-state index contributed by atoms with van der Waals surface area (Å²) in [6.07, 6.45) is 3.95. The highest BCUT2D eigenvalue weighted by atomic mass is 16.3. The molecule has 1 rings (SSSR count). The largest absolute Gasteiger partial charge is 0.396 e. The molecule has 0 unspecified atom stereocenters. The van der Waals surface area contributed by atoms with Crippen molar-refractivity contribution in [2.24, 2.45) is 5.92 Å². The number of aliphatic hydroxyl groups excluding tert-OH is 2. The van der Waals surface area contributed by atoms with Crippen LogP contribution in [0.2, 0.25) is 0 Å². The minimum absolute atomic E-state index is 0.160. The van der Waals surface area contributed by atoms with E-state index in [0.29, 0.717) is 6.42 Å². The zero-order valence-electron chi connectivity index (χ0n) is 4.62. The van der Waals surface area contributed by atoms with Gasteiger partial charge in [-0.3, -0.25) is 0 Å². The Kier molecular flexibility index (Phi) is 1.65. The summed E-state index contributed by atoms with van der Waals surface area (Å²) in [5.74, 6) is 0.199. The third-order valence-electron chi connectivity index (χ3n) is 1.38. The number of rotatable bonds is 1. The predicted molar refractivity (Wildman–Crippen MR) is 30.3 cm³/mol. The first-order valence-corrected chi connectivity index (χ1v) is 2.80. The zero-order valence-corrected chi connectivity index (χ0v) is 4.62. The van der Waals surface area contributed by atoms with Gasteiger partial charge in [0.05, 0.1) is 6.10 Å². The van der Waals surface area contributed by atoms with Crippen molar-refractivity contribution in [2.45, 2.75) is 12.5 Å². The molecule has 0 saturated heterocycles. The van der Waals surface area contributed by atoms with Crippen LogP contribution < -0.4 is 0 Å². The Morgan fingerprint density at radius 2 is 2.25 bits per heavy atom. The van der Waals surface area contributed by atoms with Gasteiger partial charge in [0.15, 0.2) is 0 Å². The van der Waals surface area contributed by atoms with Crippen molar-refractivity contribution in [2.75, 3.05) is 6.61 Å². The molecule has 0 aromatic carbocycles. The summed E-state index contributed by atoms with van der Waals surface area (Å²) in [4.78, 5) is 0. The van der Waals surface area contributed by atoms with Gasteiger partial charge in [-0.15, -0.1) is 0 Å². The predicted octanol–water partition coefficient (Wildman–Crippen LogP) is -0.0843. The molecular formula is C6H10O2. The van der Waals surface area contributed by atoms with Crippen LogP contribution in [0, 0.1) is 5.92 Å². The fourth-order valence-corrected chi connectivity index (χ4v) is 0.888. The van der Waals surface area contributed by atoms with E-state index in [9.17, 15) is 0 Å². The molecule has 2 nitrogen and oxygen atoms in total. The first-order valence-electron chi connectivity index (χ1n) is 2.80. The van der Waals surface area contributed by atoms with Crippen LogP contribution >= 0.6 is 0 Å². The lowest BCUT2D eigenvalue weighted by Crippen LogP contribution is -2.04. The fraction of sp³-hybridized carbons (Fsp3) is 0.667. The summed E-state index contributed by atoms with van der Waals surface area (Å²) in [5, 5.41) is 17.4. The maximum Gasteiger partial charge on any atom is 0.0727 e. The van der Waals surface area contributed by atoms with Gasteiger partial charge in [0.1, 0.15) is 0 Å². The Morgan fingerprint density at radius 1 is 1.50 bits per heavy atom. The van der Waals surface area contributed by atoms with Crippen LogP contribution in [0.25, 0.3) is 0 Å². The van der Waals surface area contributed by atoms with Crippen molar-refractivity contribution in [3.8, 4) is 0 Å². The lowest BCUT2D eigenvalue weighted by Gasteiger charge is -2.01. The fourth-order valence-electron chi connectivity index (χ4n) is 0.888. The van der Waals surface area contributed by atoms with Crippen molar-refractivity contribution >= 4 is 0 Å². The van der Waals surface area contributed by atoms with E-state index >= 15 is 0 Å². The highest BCUT2D eigenvalue weighted by Gasteiger charge is 2.14. The van der Waals surface area contributed by atoms with Crippen molar-refractivity contribution in [1.29, 1.82) is 0 Å². The molecule has 0 heterocycles. The third kappa shape index (κ3) is 1.08. The average Bonchev–Trinajstić information content (AvgIpc) is 2.14. The Bertz CT molecular complexity index is 98.7. The summed E-state index contributed by atoms with van der Waals surface area (Å²) in [7, 11) is 0. The van der Waals surface area contributed by atoms with E-state index in [4.69, 9.17) is 10.2 Å². The maximum absolute atomic E-state index is 8.83. The van der Waals surface area contributed by atoms with Crippen LogP contribution in [-0.4, -0.2) is 22.9 Å². The number of hydrogen-bond acceptors (Lipinski definition) is 2. The highest BCUT2D eigenvalue weighted by Crippen LogP contribution is 2.15. The molecule has 0 aromatic rings. The Labute approximate surface area is 48.5 Å². The van der Waals surface area contributed by atoms with Gasteiger partial charge in [0.25, 0.3) is 0 Å². The van der Waals surface area contributed by atoms with Gasteiger partial charge in [-0.05, 0) is 6.42 Å². The molecule has 0 aromatic heterocycles. The maximum atomic E-state index is 8.83. The zero-order chi connectivity index (χ0) is 5.98. The Hall–Kier alpha value is -0.340. The molecule has 0 amide bonds. The van der Waals surface area contributed by atoms with Crippen molar-refractivity contribution in [1.82, 2.24) is 0 Å². The summed E-state index contributed by atoms with van der Waals surface area (Å²) in [6.45, 7) is 0.160. The number of aliphatic hydroxyl groups is 2. The van der Waals surface area contributed by atoms with E-state index in [2.05, 4.69) is 0 Å². The standard InChI is InChI=1S/C6H10O2/c7-4-5-1-2-6(8)3-5/h1-2,5-8H,3-4H2/t5-,6-/m1/s1. The van der Waals surface area contributed by atoms with Gasteiger partial charge in [-0.1, -0.05) is 12.2 Å². The van der Waals surface area contributed by atoms with E-state index in [1.807, 2.05) is 6.08 Å². The first-order chi connectivity index (χ1) is 3.83. The second-order valence-corrected chi connectivity index (χ2v) is 2.13. The van der Waals surface area contributed by atoms with Crippen molar-refractivity contribution in [3.63, 3.8) is 0 Å². The molecule has 0 radical (unpaired) electrons. The van der Waals surface area contributed by atoms with Crippen molar-refractivity contribution in [3.05, 3.63) is 12.2 Å². The van der Waals surface area contributed by atoms with E-state index in [1.165, 1.54) is 0 Å². The van der Waals surface area contributed by atoms with Gasteiger partial charge < -0.3 is 10.2 Å². The first kappa shape index (κ1) is 5.79. The second-order valence-electron chi connectivity index (χ2n) is 2.13. The van der Waals surface area contributed by atoms with Crippen LogP contribution in [0.15, 0.2) is 12.2 Å². The second kappa shape index (κ2) is 2.29. The molecule has 0 spiro atoms. The molecule has 8 heavy (non-hydrogen) atoms. The monoisotopic (exact) mass is 114 g/mol. The molecule has 2 atom stereocenters. The lowest BCUT2D eigenvalue weighted by atomic mass is 10.1. The lowest BCUT2D eigenvalue weighted by molar-refractivity contribution is 0.181. The van der Waals surface area contributed by atoms with Crippen LogP contribution in [-0.2, 0) is 0 Å². The Morgan fingerprint density at radius 3 is 2.50 bits per heavy atom. The SMILES string of the molecule is OC[C@@H]1C=C[C@@H](O)C1. The summed E-state index contributed by atoms with van der Waals surface area (Å²) < 4.78 is 0. The molecule has 0 aliphatic heterocycles. The van der Waals surface area contributed by atoms with E-state index < -0.39 is 0 Å². The van der Waals surface area contributed by atoms with Crippen LogP contribution in [0.5, 0.6) is 0 Å². The molecule has 0 saturated carbocycles. The molecule has 46 valence electrons. The third-order valence-corrected chi connectivity index (χ3v) is 1.38. The minimum Gasteiger partial charge on any atom is -0.396 e. The molecule has 0 fully saturated rings. The van der Waals surface area contributed by atoms with Gasteiger partial charge in [0.2, 0.25) is 0 Å². The quantitative estimate of drug-likeness (QED) is 0.468. The summed E-state index contributed by atoms with van der Waals surface area (Å²) in [6, 6.07) is 0. The van der Waals surface area contributed by atoms with E-state index in [0.717, 1.165) is 0 Å². The normalized spacial score (nSPS) is 36.2. The summed E-state index contributed by atoms with van der Waals surface area (Å²) in [5.41, 5.74) is 0. The van der Waals surface area contributed by atoms with Gasteiger partial charge in [-0.2, -0.15) is 0 Å². The average molecular weight is 114 g/mol. The molecular weight excluding hydrogens is 104 g/mol. The Balaban J connectivity index is 2.34. The van der Waals surface area contributed by atoms with Gasteiger partial charge >= 0.3 is 0 Å². The highest BCUT2D eigenvalue weighted by molar-refractivity contribution is 5.01. The molecule has 2 N–H and O–H groups in total. The smallest absolute Gasteiger partial charge is 0.0727 e. The minimum atomic E-state index is -0.313. The number of hydrogen-bond donors (Lipinski definition) is 2. The summed E-state index contributed by atoms with van der Waals surface area (Å²) >= 11 is 0. The van der Waals surface area contributed by atoms with Crippen LogP contribution in [0.1, 0.15) is 6.42 Å². The topological polar surface area (TPSA) is 40.5 Å². The van der Waals surface area contributed by atoms with Crippen LogP contribution in [0.4, 0.5) is 0 Å². The molecule has 2 heteroatoms. The van der Waals surface area contributed by atoms with Gasteiger partial charge in [0, 0.05) is 12.5 Å². The van der Waals surface area contributed by atoms with Crippen molar-refractivity contribution < 1.29 is 10.2 Å². The van der Waals surface area contributed by atoms with Gasteiger partial charge in [-0.25, -0.2) is 0 Å². The van der Waals surface area contributed by atoms with Crippen LogP contribution in [0.3, 0.4) is 0 Å². The molecule has 1 aliphatic carbocycles. The van der Waals surface area contributed by atoms with E-state index in [-0.39, 0.29) is 18.6 Å².